The first-order valence-electron chi connectivity index (χ1n) is 5.21. The van der Waals surface area contributed by atoms with Crippen molar-refractivity contribution >= 4 is 0 Å². The van der Waals surface area contributed by atoms with E-state index in [0.29, 0.717) is 6.54 Å². The lowest BCUT2D eigenvalue weighted by atomic mass is 9.93. The summed E-state index contributed by atoms with van der Waals surface area (Å²) in [4.78, 5) is 0. The summed E-state index contributed by atoms with van der Waals surface area (Å²) in [5, 5.41) is 19.0. The van der Waals surface area contributed by atoms with Crippen molar-refractivity contribution in [3.05, 3.63) is 23.5 Å². The van der Waals surface area contributed by atoms with E-state index in [1.807, 2.05) is 17.0 Å². The van der Waals surface area contributed by atoms with Crippen LogP contribution in [0.25, 0.3) is 0 Å². The molecule has 1 aliphatic rings. The second-order valence-electron chi connectivity index (χ2n) is 4.19. The highest BCUT2D eigenvalue weighted by Gasteiger charge is 2.19. The summed E-state index contributed by atoms with van der Waals surface area (Å²) in [7, 11) is 0. The van der Waals surface area contributed by atoms with Gasteiger partial charge in [-0.15, -0.1) is 0 Å². The Labute approximate surface area is 84.0 Å². The van der Waals surface area contributed by atoms with Crippen molar-refractivity contribution in [3.63, 3.8) is 0 Å². The van der Waals surface area contributed by atoms with E-state index in [0.717, 1.165) is 24.8 Å². The van der Waals surface area contributed by atoms with E-state index < -0.39 is 0 Å². The molecule has 1 aromatic rings. The lowest BCUT2D eigenvalue weighted by molar-refractivity contribution is 0.156. The smallest absolute Gasteiger partial charge is 0.0807 e. The molecule has 1 aromatic heterocycles. The fourth-order valence-electron chi connectivity index (χ4n) is 2.13. The van der Waals surface area contributed by atoms with Gasteiger partial charge in [0.15, 0.2) is 0 Å². The number of hydrogen-bond donors (Lipinski definition) is 2. The van der Waals surface area contributed by atoms with Crippen molar-refractivity contribution in [2.24, 2.45) is 0 Å². The third kappa shape index (κ3) is 1.83. The van der Waals surface area contributed by atoms with Gasteiger partial charge in [0.2, 0.25) is 0 Å². The third-order valence-corrected chi connectivity index (χ3v) is 2.76. The Morgan fingerprint density at radius 3 is 3.00 bits per heavy atom. The molecular formula is C11H17NO2. The van der Waals surface area contributed by atoms with Crippen LogP contribution in [0.2, 0.25) is 0 Å². The van der Waals surface area contributed by atoms with Crippen LogP contribution in [-0.4, -0.2) is 20.9 Å². The standard InChI is InChI=1S/C11H17NO2/c1-8(13)5-12-6-9-3-2-4-11(14)10(9)7-12/h6-8,11,13-14H,2-5H2,1H3. The Kier molecular flexibility index (Phi) is 2.61. The van der Waals surface area contributed by atoms with Gasteiger partial charge in [-0.3, -0.25) is 0 Å². The Bertz CT molecular complexity index is 317. The van der Waals surface area contributed by atoms with E-state index in [2.05, 4.69) is 0 Å². The molecule has 14 heavy (non-hydrogen) atoms. The van der Waals surface area contributed by atoms with E-state index in [1.54, 1.807) is 6.92 Å². The number of aryl methyl sites for hydroxylation is 1. The molecular weight excluding hydrogens is 178 g/mol. The molecule has 2 N–H and O–H groups in total. The second-order valence-corrected chi connectivity index (χ2v) is 4.19. The Morgan fingerprint density at radius 1 is 1.57 bits per heavy atom. The average molecular weight is 195 g/mol. The van der Waals surface area contributed by atoms with Crippen LogP contribution in [0.1, 0.15) is 37.0 Å². The van der Waals surface area contributed by atoms with Crippen molar-refractivity contribution in [1.29, 1.82) is 0 Å². The van der Waals surface area contributed by atoms with Crippen molar-refractivity contribution < 1.29 is 10.2 Å². The van der Waals surface area contributed by atoms with Crippen LogP contribution in [0.4, 0.5) is 0 Å². The molecule has 0 radical (unpaired) electrons. The molecule has 0 bridgehead atoms. The Morgan fingerprint density at radius 2 is 2.36 bits per heavy atom. The van der Waals surface area contributed by atoms with Crippen molar-refractivity contribution in [2.75, 3.05) is 0 Å². The minimum absolute atomic E-state index is 0.297. The third-order valence-electron chi connectivity index (χ3n) is 2.76. The fourth-order valence-corrected chi connectivity index (χ4v) is 2.13. The van der Waals surface area contributed by atoms with Gasteiger partial charge >= 0.3 is 0 Å². The summed E-state index contributed by atoms with van der Waals surface area (Å²) < 4.78 is 1.98. The summed E-state index contributed by atoms with van der Waals surface area (Å²) in [6.07, 6.45) is 6.36. The monoisotopic (exact) mass is 195 g/mol. The average Bonchev–Trinajstić information content (AvgIpc) is 2.47. The summed E-state index contributed by atoms with van der Waals surface area (Å²) >= 11 is 0. The van der Waals surface area contributed by atoms with Gasteiger partial charge in [0, 0.05) is 24.5 Å². The van der Waals surface area contributed by atoms with E-state index in [9.17, 15) is 10.2 Å². The molecule has 0 saturated heterocycles. The number of aliphatic hydroxyl groups is 2. The van der Waals surface area contributed by atoms with Crippen LogP contribution in [0.15, 0.2) is 12.4 Å². The molecule has 3 nitrogen and oxygen atoms in total. The maximum absolute atomic E-state index is 9.73. The highest BCUT2D eigenvalue weighted by molar-refractivity contribution is 5.28. The molecule has 1 aliphatic carbocycles. The molecule has 0 saturated carbocycles. The zero-order chi connectivity index (χ0) is 10.1. The molecule has 0 aromatic carbocycles. The van der Waals surface area contributed by atoms with Crippen LogP contribution < -0.4 is 0 Å². The SMILES string of the molecule is CC(O)Cn1cc2c(c1)C(O)CCC2. The van der Waals surface area contributed by atoms with Gasteiger partial charge in [-0.25, -0.2) is 0 Å². The number of aromatic nitrogens is 1. The number of rotatable bonds is 2. The first-order chi connectivity index (χ1) is 6.66. The van der Waals surface area contributed by atoms with Crippen LogP contribution in [0.5, 0.6) is 0 Å². The highest BCUT2D eigenvalue weighted by Crippen LogP contribution is 2.30. The fraction of sp³-hybridized carbons (Fsp3) is 0.636. The second kappa shape index (κ2) is 3.75. The molecule has 3 heteroatoms. The number of fused-ring (bicyclic) bond motifs is 1. The van der Waals surface area contributed by atoms with Gasteiger partial charge in [0.1, 0.15) is 0 Å². The van der Waals surface area contributed by atoms with Crippen molar-refractivity contribution in [2.45, 2.75) is 44.9 Å². The molecule has 0 fully saturated rings. The summed E-state index contributed by atoms with van der Waals surface area (Å²) in [5.41, 5.74) is 2.29. The van der Waals surface area contributed by atoms with Crippen molar-refractivity contribution in [1.82, 2.24) is 4.57 Å². The van der Waals surface area contributed by atoms with Crippen LogP contribution >= 0.6 is 0 Å². The maximum Gasteiger partial charge on any atom is 0.0807 e. The molecule has 1 heterocycles. The van der Waals surface area contributed by atoms with Crippen LogP contribution in [0, 0.1) is 0 Å². The number of nitrogens with zero attached hydrogens (tertiary/aromatic N) is 1. The summed E-state index contributed by atoms with van der Waals surface area (Å²) in [6, 6.07) is 0. The molecule has 78 valence electrons. The van der Waals surface area contributed by atoms with E-state index in [4.69, 9.17) is 0 Å². The van der Waals surface area contributed by atoms with Crippen LogP contribution in [-0.2, 0) is 13.0 Å². The molecule has 0 amide bonds. The first-order valence-corrected chi connectivity index (χ1v) is 5.21. The van der Waals surface area contributed by atoms with Gasteiger partial charge in [0.05, 0.1) is 12.2 Å². The van der Waals surface area contributed by atoms with Crippen LogP contribution in [0.3, 0.4) is 0 Å². The Hall–Kier alpha value is -0.800. The quantitative estimate of drug-likeness (QED) is 0.745. The van der Waals surface area contributed by atoms with E-state index in [1.165, 1.54) is 5.56 Å². The molecule has 2 rings (SSSR count). The molecule has 2 atom stereocenters. The number of aliphatic hydroxyl groups excluding tert-OH is 2. The summed E-state index contributed by atoms with van der Waals surface area (Å²) in [6.45, 7) is 2.38. The van der Waals surface area contributed by atoms with Gasteiger partial charge in [-0.05, 0) is 31.7 Å². The van der Waals surface area contributed by atoms with Gasteiger partial charge in [-0.1, -0.05) is 0 Å². The van der Waals surface area contributed by atoms with E-state index >= 15 is 0 Å². The van der Waals surface area contributed by atoms with Gasteiger partial charge in [-0.2, -0.15) is 0 Å². The zero-order valence-corrected chi connectivity index (χ0v) is 8.48. The molecule has 2 unspecified atom stereocenters. The predicted molar refractivity (Wildman–Crippen MR) is 54.0 cm³/mol. The minimum Gasteiger partial charge on any atom is -0.392 e. The lowest BCUT2D eigenvalue weighted by Crippen LogP contribution is -2.09. The molecule has 0 spiro atoms. The van der Waals surface area contributed by atoms with Crippen molar-refractivity contribution in [3.8, 4) is 0 Å². The molecule has 0 aliphatic heterocycles. The Balaban J connectivity index is 2.21. The minimum atomic E-state index is -0.332. The normalized spacial score (nSPS) is 23.2. The number of hydrogen-bond acceptors (Lipinski definition) is 2. The largest absolute Gasteiger partial charge is 0.392 e. The maximum atomic E-state index is 9.73. The van der Waals surface area contributed by atoms with E-state index in [-0.39, 0.29) is 12.2 Å². The first kappa shape index (κ1) is 9.74. The highest BCUT2D eigenvalue weighted by atomic mass is 16.3. The zero-order valence-electron chi connectivity index (χ0n) is 8.48. The lowest BCUT2D eigenvalue weighted by Gasteiger charge is -2.16. The summed E-state index contributed by atoms with van der Waals surface area (Å²) in [5.74, 6) is 0. The topological polar surface area (TPSA) is 45.4 Å². The van der Waals surface area contributed by atoms with Gasteiger partial charge in [0.25, 0.3) is 0 Å². The predicted octanol–water partition coefficient (Wildman–Crippen LogP) is 1.24. The van der Waals surface area contributed by atoms with Gasteiger partial charge < -0.3 is 14.8 Å².